The predicted molar refractivity (Wildman–Crippen MR) is 86.2 cm³/mol. The van der Waals surface area contributed by atoms with Crippen molar-refractivity contribution in [2.75, 3.05) is 26.7 Å². The van der Waals surface area contributed by atoms with Gasteiger partial charge in [-0.3, -0.25) is 4.99 Å². The molecule has 0 aromatic carbocycles. The molecule has 1 aliphatic rings. The van der Waals surface area contributed by atoms with Crippen LogP contribution in [0.3, 0.4) is 0 Å². The Bertz CT molecular complexity index is 362. The van der Waals surface area contributed by atoms with Crippen LogP contribution in [0.25, 0.3) is 0 Å². The molecule has 2 N–H and O–H groups in total. The molecule has 1 aliphatic heterocycles. The number of hydrogen-bond donors (Lipinski definition) is 2. The van der Waals surface area contributed by atoms with Crippen LogP contribution in [0, 0.1) is 0 Å². The molecule has 1 saturated heterocycles. The van der Waals surface area contributed by atoms with Gasteiger partial charge in [-0.15, -0.1) is 24.0 Å². The van der Waals surface area contributed by atoms with Crippen molar-refractivity contribution in [2.45, 2.75) is 25.4 Å². The topological polar surface area (TPSA) is 58.8 Å². The highest BCUT2D eigenvalue weighted by Crippen LogP contribution is 2.10. The van der Waals surface area contributed by atoms with Crippen LogP contribution >= 0.6 is 24.0 Å². The highest BCUT2D eigenvalue weighted by molar-refractivity contribution is 14.0. The van der Waals surface area contributed by atoms with Gasteiger partial charge < -0.3 is 19.8 Å². The van der Waals surface area contributed by atoms with E-state index < -0.39 is 0 Å². The minimum atomic E-state index is 0. The van der Waals surface area contributed by atoms with Crippen LogP contribution in [0.5, 0.6) is 0 Å². The second-order valence-corrected chi connectivity index (χ2v) is 4.34. The number of nitrogens with zero attached hydrogens (tertiary/aromatic N) is 1. The molecule has 1 aromatic heterocycles. The summed E-state index contributed by atoms with van der Waals surface area (Å²) in [6, 6.07) is 3.88. The second kappa shape index (κ2) is 9.19. The van der Waals surface area contributed by atoms with E-state index in [1.165, 1.54) is 0 Å². The Morgan fingerprint density at radius 3 is 3.00 bits per heavy atom. The average Bonchev–Trinajstić information content (AvgIpc) is 3.06. The Morgan fingerprint density at radius 1 is 1.47 bits per heavy atom. The van der Waals surface area contributed by atoms with Crippen molar-refractivity contribution in [1.82, 2.24) is 10.6 Å². The first-order valence-corrected chi connectivity index (χ1v) is 6.47. The molecule has 2 rings (SSSR count). The van der Waals surface area contributed by atoms with Crippen molar-refractivity contribution in [2.24, 2.45) is 4.99 Å². The molecule has 19 heavy (non-hydrogen) atoms. The molecule has 108 valence electrons. The summed E-state index contributed by atoms with van der Waals surface area (Å²) in [5, 5.41) is 6.53. The molecule has 1 aromatic rings. The van der Waals surface area contributed by atoms with Gasteiger partial charge >= 0.3 is 0 Å². The lowest BCUT2D eigenvalue weighted by molar-refractivity contribution is 0.114. The van der Waals surface area contributed by atoms with Crippen LogP contribution in [-0.2, 0) is 11.2 Å². The molecule has 0 spiro atoms. The van der Waals surface area contributed by atoms with E-state index in [1.807, 2.05) is 12.1 Å². The molecule has 0 amide bonds. The van der Waals surface area contributed by atoms with Gasteiger partial charge in [-0.25, -0.2) is 0 Å². The summed E-state index contributed by atoms with van der Waals surface area (Å²) in [7, 11) is 1.78. The first-order valence-electron chi connectivity index (χ1n) is 6.47. The van der Waals surface area contributed by atoms with Crippen LogP contribution < -0.4 is 10.6 Å². The Hall–Kier alpha value is -0.760. The maximum absolute atomic E-state index is 5.55. The molecule has 2 heterocycles. The van der Waals surface area contributed by atoms with Gasteiger partial charge in [-0.2, -0.15) is 0 Å². The van der Waals surface area contributed by atoms with Crippen molar-refractivity contribution in [3.05, 3.63) is 24.2 Å². The second-order valence-electron chi connectivity index (χ2n) is 4.34. The van der Waals surface area contributed by atoms with Crippen molar-refractivity contribution in [1.29, 1.82) is 0 Å². The Kier molecular flexibility index (Phi) is 7.88. The van der Waals surface area contributed by atoms with Gasteiger partial charge in [0.05, 0.1) is 12.4 Å². The lowest BCUT2D eigenvalue weighted by atomic mass is 10.2. The molecule has 6 heteroatoms. The predicted octanol–water partition coefficient (Wildman–Crippen LogP) is 1.78. The molecule has 1 fully saturated rings. The summed E-state index contributed by atoms with van der Waals surface area (Å²) in [5.74, 6) is 1.80. The minimum absolute atomic E-state index is 0. The third-order valence-corrected chi connectivity index (χ3v) is 2.99. The van der Waals surface area contributed by atoms with Crippen LogP contribution in [0.15, 0.2) is 27.8 Å². The zero-order chi connectivity index (χ0) is 12.6. The van der Waals surface area contributed by atoms with E-state index in [4.69, 9.17) is 9.15 Å². The van der Waals surface area contributed by atoms with E-state index in [0.29, 0.717) is 6.10 Å². The zero-order valence-corrected chi connectivity index (χ0v) is 13.6. The fourth-order valence-electron chi connectivity index (χ4n) is 2.00. The van der Waals surface area contributed by atoms with Gasteiger partial charge in [0.15, 0.2) is 5.96 Å². The number of hydrogen-bond acceptors (Lipinski definition) is 3. The van der Waals surface area contributed by atoms with Gasteiger partial charge in [0.1, 0.15) is 5.76 Å². The van der Waals surface area contributed by atoms with Gasteiger partial charge in [0.25, 0.3) is 0 Å². The van der Waals surface area contributed by atoms with Gasteiger partial charge in [-0.1, -0.05) is 0 Å². The van der Waals surface area contributed by atoms with Crippen LogP contribution in [0.4, 0.5) is 0 Å². The summed E-state index contributed by atoms with van der Waals surface area (Å²) >= 11 is 0. The molecule has 1 unspecified atom stereocenters. The summed E-state index contributed by atoms with van der Waals surface area (Å²) in [5.41, 5.74) is 0. The van der Waals surface area contributed by atoms with Gasteiger partial charge in [0.2, 0.25) is 0 Å². The van der Waals surface area contributed by atoms with E-state index in [0.717, 1.165) is 50.7 Å². The number of nitrogens with one attached hydrogen (secondary N) is 2. The number of rotatable bonds is 5. The Labute approximate surface area is 131 Å². The molecule has 0 radical (unpaired) electrons. The van der Waals surface area contributed by atoms with Crippen LogP contribution in [-0.4, -0.2) is 38.8 Å². The van der Waals surface area contributed by atoms with E-state index in [-0.39, 0.29) is 24.0 Å². The lowest BCUT2D eigenvalue weighted by Gasteiger charge is -2.14. The average molecular weight is 379 g/mol. The third kappa shape index (κ3) is 5.82. The van der Waals surface area contributed by atoms with E-state index in [9.17, 15) is 0 Å². The molecule has 0 bridgehead atoms. The number of guanidine groups is 1. The fraction of sp³-hybridized carbons (Fsp3) is 0.615. The summed E-state index contributed by atoms with van der Waals surface area (Å²) in [6.07, 6.45) is 5.18. The molecule has 0 saturated carbocycles. The third-order valence-electron chi connectivity index (χ3n) is 2.99. The molecule has 1 atom stereocenters. The summed E-state index contributed by atoms with van der Waals surface area (Å²) < 4.78 is 10.8. The standard InChI is InChI=1S/C13H21N3O2.HI/c1-14-13(16-10-12-5-3-9-18-12)15-7-6-11-4-2-8-17-11;/h2,4,8,12H,3,5-7,9-10H2,1H3,(H2,14,15,16);1H. The smallest absolute Gasteiger partial charge is 0.191 e. The number of furan rings is 1. The molecular formula is C13H22IN3O2. The maximum Gasteiger partial charge on any atom is 0.191 e. The lowest BCUT2D eigenvalue weighted by Crippen LogP contribution is -2.41. The summed E-state index contributed by atoms with van der Waals surface area (Å²) in [6.45, 7) is 2.51. The molecule has 0 aliphatic carbocycles. The van der Waals surface area contributed by atoms with Gasteiger partial charge in [0, 0.05) is 33.2 Å². The Morgan fingerprint density at radius 2 is 2.37 bits per heavy atom. The highest BCUT2D eigenvalue weighted by Gasteiger charge is 2.15. The maximum atomic E-state index is 5.55. The molecule has 5 nitrogen and oxygen atoms in total. The van der Waals surface area contributed by atoms with Crippen LogP contribution in [0.2, 0.25) is 0 Å². The largest absolute Gasteiger partial charge is 0.469 e. The van der Waals surface area contributed by atoms with Crippen molar-refractivity contribution in [3.8, 4) is 0 Å². The van der Waals surface area contributed by atoms with Gasteiger partial charge in [-0.05, 0) is 25.0 Å². The van der Waals surface area contributed by atoms with Crippen molar-refractivity contribution >= 4 is 29.9 Å². The fourth-order valence-corrected chi connectivity index (χ4v) is 2.00. The number of halogens is 1. The highest BCUT2D eigenvalue weighted by atomic mass is 127. The van der Waals surface area contributed by atoms with Crippen molar-refractivity contribution < 1.29 is 9.15 Å². The first kappa shape index (κ1) is 16.3. The molecular weight excluding hydrogens is 357 g/mol. The quantitative estimate of drug-likeness (QED) is 0.465. The van der Waals surface area contributed by atoms with Crippen LogP contribution in [0.1, 0.15) is 18.6 Å². The van der Waals surface area contributed by atoms with E-state index in [1.54, 1.807) is 13.3 Å². The number of aliphatic imine (C=N–C) groups is 1. The minimum Gasteiger partial charge on any atom is -0.469 e. The van der Waals surface area contributed by atoms with E-state index >= 15 is 0 Å². The first-order chi connectivity index (χ1) is 8.88. The summed E-state index contributed by atoms with van der Waals surface area (Å²) in [4.78, 5) is 4.18. The van der Waals surface area contributed by atoms with Crippen molar-refractivity contribution in [3.63, 3.8) is 0 Å². The monoisotopic (exact) mass is 379 g/mol. The van der Waals surface area contributed by atoms with E-state index in [2.05, 4.69) is 15.6 Å². The SMILES string of the molecule is CN=C(NCCc1ccco1)NCC1CCCO1.I. The normalized spacial score (nSPS) is 19.0. The number of ether oxygens (including phenoxy) is 1. The Balaban J connectivity index is 0.00000180. The zero-order valence-electron chi connectivity index (χ0n) is 11.2.